The summed E-state index contributed by atoms with van der Waals surface area (Å²) in [6.45, 7) is 1.87. The molecule has 24 heavy (non-hydrogen) atoms. The Balaban J connectivity index is 1.81. The lowest BCUT2D eigenvalue weighted by Gasteiger charge is -2.15. The highest BCUT2D eigenvalue weighted by atomic mass is 16.4. The number of furan rings is 2. The number of carboxylic acids is 1. The van der Waals surface area contributed by atoms with Crippen molar-refractivity contribution >= 4 is 17.8 Å². The predicted octanol–water partition coefficient (Wildman–Crippen LogP) is 1.66. The Kier molecular flexibility index (Phi) is 5.41. The van der Waals surface area contributed by atoms with Crippen LogP contribution in [0, 0.1) is 6.92 Å². The molecule has 2 aromatic heterocycles. The van der Waals surface area contributed by atoms with Gasteiger partial charge in [-0.05, 0) is 25.1 Å². The smallest absolute Gasteiger partial charge is 0.339 e. The molecule has 0 bridgehead atoms. The van der Waals surface area contributed by atoms with Crippen molar-refractivity contribution in [3.05, 3.63) is 47.3 Å². The number of amides is 2. The molecule has 0 aliphatic carbocycles. The lowest BCUT2D eigenvalue weighted by molar-refractivity contribution is -0.130. The van der Waals surface area contributed by atoms with Crippen molar-refractivity contribution in [2.24, 2.45) is 0 Å². The molecular formula is C16H18N2O6. The summed E-state index contributed by atoms with van der Waals surface area (Å²) in [4.78, 5) is 36.1. The topological polar surface area (TPSA) is 113 Å². The number of carbonyl (C=O) groups is 3. The highest BCUT2D eigenvalue weighted by Crippen LogP contribution is 2.16. The summed E-state index contributed by atoms with van der Waals surface area (Å²) >= 11 is 0. The van der Waals surface area contributed by atoms with Crippen molar-refractivity contribution in [2.45, 2.75) is 19.9 Å². The first-order chi connectivity index (χ1) is 11.4. The van der Waals surface area contributed by atoms with Crippen molar-refractivity contribution in [1.82, 2.24) is 10.2 Å². The number of aryl methyl sites for hydroxylation is 1. The van der Waals surface area contributed by atoms with E-state index < -0.39 is 5.97 Å². The monoisotopic (exact) mass is 334 g/mol. The second kappa shape index (κ2) is 7.49. The van der Waals surface area contributed by atoms with Gasteiger partial charge in [0.1, 0.15) is 17.1 Å². The standard InChI is InChI=1S/C16H18N2O6/c1-10-12(16(21)22)8-11(24-10)9-18(2)14(19)5-6-17-15(20)13-4-3-7-23-13/h3-4,7-8H,5-6,9H2,1-2H3,(H,17,20)(H,21,22). The summed E-state index contributed by atoms with van der Waals surface area (Å²) in [7, 11) is 1.58. The van der Waals surface area contributed by atoms with Gasteiger partial charge in [0, 0.05) is 20.0 Å². The van der Waals surface area contributed by atoms with Crippen LogP contribution in [-0.2, 0) is 11.3 Å². The average Bonchev–Trinajstić information content (AvgIpc) is 3.16. The van der Waals surface area contributed by atoms with Crippen molar-refractivity contribution in [3.63, 3.8) is 0 Å². The average molecular weight is 334 g/mol. The van der Waals surface area contributed by atoms with Gasteiger partial charge in [-0.1, -0.05) is 0 Å². The van der Waals surface area contributed by atoms with E-state index in [2.05, 4.69) is 5.32 Å². The van der Waals surface area contributed by atoms with Gasteiger partial charge in [-0.25, -0.2) is 4.79 Å². The Labute approximate surface area is 138 Å². The Morgan fingerprint density at radius 3 is 2.67 bits per heavy atom. The van der Waals surface area contributed by atoms with E-state index >= 15 is 0 Å². The Bertz CT molecular complexity index is 732. The molecule has 8 heteroatoms. The van der Waals surface area contributed by atoms with Crippen LogP contribution >= 0.6 is 0 Å². The molecular weight excluding hydrogens is 316 g/mol. The quantitative estimate of drug-likeness (QED) is 0.796. The molecule has 0 saturated carbocycles. The summed E-state index contributed by atoms with van der Waals surface area (Å²) < 4.78 is 10.3. The van der Waals surface area contributed by atoms with Crippen LogP contribution in [-0.4, -0.2) is 41.4 Å². The maximum atomic E-state index is 12.0. The summed E-state index contributed by atoms with van der Waals surface area (Å²) in [6, 6.07) is 4.53. The van der Waals surface area contributed by atoms with Gasteiger partial charge < -0.3 is 24.2 Å². The highest BCUT2D eigenvalue weighted by molar-refractivity contribution is 5.91. The van der Waals surface area contributed by atoms with Crippen molar-refractivity contribution < 1.29 is 28.3 Å². The molecule has 0 radical (unpaired) electrons. The first kappa shape index (κ1) is 17.3. The fraction of sp³-hybridized carbons (Fsp3) is 0.312. The molecule has 2 heterocycles. The van der Waals surface area contributed by atoms with Gasteiger partial charge in [-0.3, -0.25) is 9.59 Å². The first-order valence-electron chi connectivity index (χ1n) is 7.26. The summed E-state index contributed by atoms with van der Waals surface area (Å²) in [5.41, 5.74) is 0.0801. The van der Waals surface area contributed by atoms with Gasteiger partial charge in [0.2, 0.25) is 5.91 Å². The number of aromatic carboxylic acids is 1. The van der Waals surface area contributed by atoms with Gasteiger partial charge in [0.25, 0.3) is 5.91 Å². The zero-order valence-corrected chi connectivity index (χ0v) is 13.4. The molecule has 0 fully saturated rings. The fourth-order valence-electron chi connectivity index (χ4n) is 2.12. The molecule has 2 rings (SSSR count). The van der Waals surface area contributed by atoms with Gasteiger partial charge in [0.15, 0.2) is 5.76 Å². The van der Waals surface area contributed by atoms with Gasteiger partial charge in [0.05, 0.1) is 12.8 Å². The van der Waals surface area contributed by atoms with Crippen molar-refractivity contribution in [2.75, 3.05) is 13.6 Å². The van der Waals surface area contributed by atoms with E-state index in [4.69, 9.17) is 13.9 Å². The molecule has 0 spiro atoms. The third kappa shape index (κ3) is 4.25. The molecule has 0 saturated heterocycles. The molecule has 0 aliphatic heterocycles. The lowest BCUT2D eigenvalue weighted by atomic mass is 10.2. The molecule has 2 N–H and O–H groups in total. The van der Waals surface area contributed by atoms with E-state index in [1.807, 2.05) is 0 Å². The molecule has 128 valence electrons. The van der Waals surface area contributed by atoms with E-state index in [-0.39, 0.29) is 42.6 Å². The minimum absolute atomic E-state index is 0.0801. The Morgan fingerprint density at radius 2 is 2.08 bits per heavy atom. The Hall–Kier alpha value is -3.03. The molecule has 0 atom stereocenters. The lowest BCUT2D eigenvalue weighted by Crippen LogP contribution is -2.31. The minimum Gasteiger partial charge on any atom is -0.478 e. The van der Waals surface area contributed by atoms with Gasteiger partial charge in [-0.15, -0.1) is 0 Å². The van der Waals surface area contributed by atoms with E-state index in [1.165, 1.54) is 23.3 Å². The predicted molar refractivity (Wildman–Crippen MR) is 82.5 cm³/mol. The normalized spacial score (nSPS) is 10.4. The fourth-order valence-corrected chi connectivity index (χ4v) is 2.12. The number of nitrogens with zero attached hydrogens (tertiary/aromatic N) is 1. The van der Waals surface area contributed by atoms with Crippen LogP contribution in [0.3, 0.4) is 0 Å². The number of hydrogen-bond donors (Lipinski definition) is 2. The number of carboxylic acid groups (broad SMARTS) is 1. The van der Waals surface area contributed by atoms with Crippen LogP contribution in [0.25, 0.3) is 0 Å². The zero-order valence-electron chi connectivity index (χ0n) is 13.4. The van der Waals surface area contributed by atoms with Crippen LogP contribution in [0.2, 0.25) is 0 Å². The molecule has 0 aliphatic rings. The second-order valence-electron chi connectivity index (χ2n) is 5.22. The Morgan fingerprint density at radius 1 is 1.33 bits per heavy atom. The van der Waals surface area contributed by atoms with Gasteiger partial charge in [-0.2, -0.15) is 0 Å². The van der Waals surface area contributed by atoms with Crippen LogP contribution < -0.4 is 5.32 Å². The zero-order chi connectivity index (χ0) is 17.7. The van der Waals surface area contributed by atoms with Gasteiger partial charge >= 0.3 is 5.97 Å². The number of nitrogens with one attached hydrogen (secondary N) is 1. The van der Waals surface area contributed by atoms with Crippen molar-refractivity contribution in [1.29, 1.82) is 0 Å². The SMILES string of the molecule is Cc1oc(CN(C)C(=O)CCNC(=O)c2ccco2)cc1C(=O)O. The van der Waals surface area contributed by atoms with E-state index in [9.17, 15) is 14.4 Å². The number of hydrogen-bond acceptors (Lipinski definition) is 5. The summed E-state index contributed by atoms with van der Waals surface area (Å²) in [5, 5.41) is 11.6. The molecule has 2 aromatic rings. The maximum absolute atomic E-state index is 12.0. The maximum Gasteiger partial charge on any atom is 0.339 e. The van der Waals surface area contributed by atoms with Crippen LogP contribution in [0.5, 0.6) is 0 Å². The third-order valence-electron chi connectivity index (χ3n) is 3.39. The van der Waals surface area contributed by atoms with E-state index in [0.717, 1.165) is 0 Å². The van der Waals surface area contributed by atoms with Crippen LogP contribution in [0.4, 0.5) is 0 Å². The van der Waals surface area contributed by atoms with Crippen LogP contribution in [0.1, 0.15) is 38.9 Å². The number of carbonyl (C=O) groups excluding carboxylic acids is 2. The largest absolute Gasteiger partial charge is 0.478 e. The highest BCUT2D eigenvalue weighted by Gasteiger charge is 2.17. The molecule has 0 aromatic carbocycles. The third-order valence-corrected chi connectivity index (χ3v) is 3.39. The second-order valence-corrected chi connectivity index (χ2v) is 5.22. The molecule has 8 nitrogen and oxygen atoms in total. The number of rotatable bonds is 7. The molecule has 2 amide bonds. The van der Waals surface area contributed by atoms with E-state index in [0.29, 0.717) is 11.5 Å². The summed E-state index contributed by atoms with van der Waals surface area (Å²) in [6.07, 6.45) is 1.50. The van der Waals surface area contributed by atoms with Crippen LogP contribution in [0.15, 0.2) is 33.3 Å². The van der Waals surface area contributed by atoms with E-state index in [1.54, 1.807) is 20.0 Å². The summed E-state index contributed by atoms with van der Waals surface area (Å²) in [5.74, 6) is -0.798. The van der Waals surface area contributed by atoms with Crippen molar-refractivity contribution in [3.8, 4) is 0 Å². The molecule has 0 unspecified atom stereocenters. The first-order valence-corrected chi connectivity index (χ1v) is 7.26. The minimum atomic E-state index is -1.07.